The topological polar surface area (TPSA) is 50.1 Å². The molecule has 0 aromatic heterocycles. The normalized spacial score (nSPS) is 11.5. The number of nitriles is 1. The van der Waals surface area contributed by atoms with E-state index < -0.39 is 12.1 Å². The van der Waals surface area contributed by atoms with Gasteiger partial charge in [0.15, 0.2) is 0 Å². The van der Waals surface area contributed by atoms with E-state index in [1.165, 1.54) is 6.92 Å². The Morgan fingerprint density at radius 2 is 2.21 bits per heavy atom. The Bertz CT molecular complexity index is 384. The van der Waals surface area contributed by atoms with Crippen molar-refractivity contribution in [2.24, 2.45) is 0 Å². The number of nitrogens with zero attached hydrogens (tertiary/aromatic N) is 1. The lowest BCUT2D eigenvalue weighted by molar-refractivity contribution is -0.144. The van der Waals surface area contributed by atoms with Crippen LogP contribution in [-0.4, -0.2) is 5.97 Å². The molecule has 0 aliphatic heterocycles. The van der Waals surface area contributed by atoms with E-state index >= 15 is 0 Å². The molecule has 4 heteroatoms. The molecule has 1 aromatic carbocycles. The monoisotopic (exact) mass is 209 g/mol. The summed E-state index contributed by atoms with van der Waals surface area (Å²) in [5, 5.41) is 9.18. The van der Waals surface area contributed by atoms with Gasteiger partial charge in [-0.15, -0.1) is 0 Å². The van der Waals surface area contributed by atoms with Crippen molar-refractivity contribution < 1.29 is 9.53 Å². The van der Waals surface area contributed by atoms with Gasteiger partial charge in [-0.25, -0.2) is 0 Å². The summed E-state index contributed by atoms with van der Waals surface area (Å²) in [4.78, 5) is 10.7. The summed E-state index contributed by atoms with van der Waals surface area (Å²) in [5.74, 6) is -0.503. The van der Waals surface area contributed by atoms with Crippen LogP contribution in [-0.2, 0) is 9.53 Å². The molecule has 0 aliphatic carbocycles. The Hall–Kier alpha value is -1.53. The Kier molecular flexibility index (Phi) is 3.49. The minimum absolute atomic E-state index is 0.417. The van der Waals surface area contributed by atoms with Gasteiger partial charge in [-0.05, 0) is 6.07 Å². The third kappa shape index (κ3) is 2.48. The average molecular weight is 210 g/mol. The number of ether oxygens (including phenoxy) is 1. The zero-order valence-electron chi connectivity index (χ0n) is 7.53. The molecule has 0 N–H and O–H groups in total. The number of halogens is 1. The van der Waals surface area contributed by atoms with E-state index in [2.05, 4.69) is 0 Å². The van der Waals surface area contributed by atoms with Crippen molar-refractivity contribution in [1.29, 1.82) is 5.26 Å². The van der Waals surface area contributed by atoms with Gasteiger partial charge in [0.25, 0.3) is 0 Å². The molecule has 0 amide bonds. The van der Waals surface area contributed by atoms with Gasteiger partial charge < -0.3 is 4.74 Å². The molecule has 0 aliphatic rings. The number of rotatable bonds is 2. The zero-order valence-corrected chi connectivity index (χ0v) is 8.28. The van der Waals surface area contributed by atoms with Crippen LogP contribution in [0.5, 0.6) is 0 Å². The van der Waals surface area contributed by atoms with Crippen LogP contribution in [0.4, 0.5) is 0 Å². The van der Waals surface area contributed by atoms with Crippen molar-refractivity contribution in [3.05, 3.63) is 34.9 Å². The van der Waals surface area contributed by atoms with E-state index in [-0.39, 0.29) is 0 Å². The predicted molar refractivity (Wildman–Crippen MR) is 51.6 cm³/mol. The van der Waals surface area contributed by atoms with Gasteiger partial charge in [-0.2, -0.15) is 5.26 Å². The first-order chi connectivity index (χ1) is 6.65. The quantitative estimate of drug-likeness (QED) is 0.703. The summed E-state index contributed by atoms with van der Waals surface area (Å²) in [5.41, 5.74) is 0.506. The molecule has 0 saturated heterocycles. The molecule has 3 nitrogen and oxygen atoms in total. The maximum Gasteiger partial charge on any atom is 0.304 e. The lowest BCUT2D eigenvalue weighted by Crippen LogP contribution is -2.06. The number of carbonyl (C=O) groups excluding carboxylic acids is 1. The molecule has 0 radical (unpaired) electrons. The van der Waals surface area contributed by atoms with E-state index in [4.69, 9.17) is 21.6 Å². The summed E-state index contributed by atoms with van der Waals surface area (Å²) >= 11 is 5.84. The average Bonchev–Trinajstić information content (AvgIpc) is 2.15. The van der Waals surface area contributed by atoms with Crippen LogP contribution in [0.1, 0.15) is 18.6 Å². The Labute approximate surface area is 86.9 Å². The van der Waals surface area contributed by atoms with Crippen molar-refractivity contribution in [2.45, 2.75) is 13.0 Å². The first kappa shape index (κ1) is 10.6. The van der Waals surface area contributed by atoms with Crippen LogP contribution in [0.15, 0.2) is 24.3 Å². The maximum absolute atomic E-state index is 10.7. The van der Waals surface area contributed by atoms with E-state index in [0.29, 0.717) is 10.6 Å². The number of benzene rings is 1. The molecule has 1 atom stereocenters. The lowest BCUT2D eigenvalue weighted by Gasteiger charge is -2.10. The fourth-order valence-electron chi connectivity index (χ4n) is 1.01. The molecule has 0 saturated carbocycles. The zero-order chi connectivity index (χ0) is 10.6. The fraction of sp³-hybridized carbons (Fsp3) is 0.200. The molecule has 0 fully saturated rings. The van der Waals surface area contributed by atoms with Crippen LogP contribution in [0.2, 0.25) is 5.02 Å². The molecular weight excluding hydrogens is 202 g/mol. The van der Waals surface area contributed by atoms with E-state index in [9.17, 15) is 4.79 Å². The number of hydrogen-bond donors (Lipinski definition) is 0. The van der Waals surface area contributed by atoms with Gasteiger partial charge in [0.05, 0.1) is 0 Å². The minimum atomic E-state index is -0.929. The van der Waals surface area contributed by atoms with Gasteiger partial charge in [-0.3, -0.25) is 4.79 Å². The lowest BCUT2D eigenvalue weighted by atomic mass is 10.1. The van der Waals surface area contributed by atoms with Crippen molar-refractivity contribution in [1.82, 2.24) is 0 Å². The minimum Gasteiger partial charge on any atom is -0.442 e. The second-order valence-corrected chi connectivity index (χ2v) is 3.05. The van der Waals surface area contributed by atoms with Crippen LogP contribution < -0.4 is 0 Å². The standard InChI is InChI=1S/C10H8ClNO2/c1-7(13)14-10(6-12)8-4-2-3-5-9(8)11/h2-5,10H,1H3/t10-/m0/s1. The van der Waals surface area contributed by atoms with Gasteiger partial charge in [0.2, 0.25) is 6.10 Å². The van der Waals surface area contributed by atoms with Gasteiger partial charge in [-0.1, -0.05) is 29.8 Å². The number of esters is 1. The highest BCUT2D eigenvalue weighted by atomic mass is 35.5. The van der Waals surface area contributed by atoms with Crippen LogP contribution in [0, 0.1) is 11.3 Å². The molecule has 0 heterocycles. The summed E-state index contributed by atoms with van der Waals surface area (Å²) < 4.78 is 4.78. The Morgan fingerprint density at radius 1 is 1.57 bits per heavy atom. The van der Waals surface area contributed by atoms with Crippen molar-refractivity contribution in [3.63, 3.8) is 0 Å². The predicted octanol–water partition coefficient (Wildman–Crippen LogP) is 2.47. The molecule has 0 unspecified atom stereocenters. The smallest absolute Gasteiger partial charge is 0.304 e. The molecule has 0 spiro atoms. The molecular formula is C10H8ClNO2. The van der Waals surface area contributed by atoms with Gasteiger partial charge in [0.1, 0.15) is 6.07 Å². The highest BCUT2D eigenvalue weighted by Crippen LogP contribution is 2.24. The highest BCUT2D eigenvalue weighted by Gasteiger charge is 2.15. The summed E-state index contributed by atoms with van der Waals surface area (Å²) in [6, 6.07) is 8.63. The van der Waals surface area contributed by atoms with Gasteiger partial charge >= 0.3 is 5.97 Å². The van der Waals surface area contributed by atoms with Crippen molar-refractivity contribution in [2.75, 3.05) is 0 Å². The fourth-order valence-corrected chi connectivity index (χ4v) is 1.25. The third-order valence-corrected chi connectivity index (χ3v) is 1.93. The second-order valence-electron chi connectivity index (χ2n) is 2.64. The molecule has 72 valence electrons. The molecule has 1 rings (SSSR count). The molecule has 1 aromatic rings. The first-order valence-electron chi connectivity index (χ1n) is 3.96. The number of carbonyl (C=O) groups is 1. The van der Waals surface area contributed by atoms with E-state index in [0.717, 1.165) is 0 Å². The first-order valence-corrected chi connectivity index (χ1v) is 4.34. The molecule has 14 heavy (non-hydrogen) atoms. The molecule has 0 bridgehead atoms. The number of hydrogen-bond acceptors (Lipinski definition) is 3. The summed E-state index contributed by atoms with van der Waals surface area (Å²) in [6.07, 6.45) is -0.929. The van der Waals surface area contributed by atoms with Crippen molar-refractivity contribution in [3.8, 4) is 6.07 Å². The largest absolute Gasteiger partial charge is 0.442 e. The highest BCUT2D eigenvalue weighted by molar-refractivity contribution is 6.31. The SMILES string of the molecule is CC(=O)O[C@@H](C#N)c1ccccc1Cl. The Morgan fingerprint density at radius 3 is 2.71 bits per heavy atom. The summed E-state index contributed by atoms with van der Waals surface area (Å²) in [7, 11) is 0. The van der Waals surface area contributed by atoms with Crippen LogP contribution >= 0.6 is 11.6 Å². The van der Waals surface area contributed by atoms with Gasteiger partial charge in [0, 0.05) is 17.5 Å². The van der Waals surface area contributed by atoms with Crippen LogP contribution in [0.3, 0.4) is 0 Å². The van der Waals surface area contributed by atoms with Crippen LogP contribution in [0.25, 0.3) is 0 Å². The third-order valence-electron chi connectivity index (χ3n) is 1.59. The maximum atomic E-state index is 10.7. The second kappa shape index (κ2) is 4.64. The van der Waals surface area contributed by atoms with E-state index in [1.807, 2.05) is 6.07 Å². The van der Waals surface area contributed by atoms with Crippen molar-refractivity contribution >= 4 is 17.6 Å². The summed E-state index contributed by atoms with van der Waals surface area (Å²) in [6.45, 7) is 1.25. The Balaban J connectivity index is 2.96. The van der Waals surface area contributed by atoms with E-state index in [1.54, 1.807) is 24.3 Å².